The van der Waals surface area contributed by atoms with Crippen molar-refractivity contribution in [1.82, 2.24) is 10.2 Å². The summed E-state index contributed by atoms with van der Waals surface area (Å²) in [5.74, 6) is 2.88. The minimum absolute atomic E-state index is 0.0851. The van der Waals surface area contributed by atoms with Gasteiger partial charge in [0.1, 0.15) is 5.75 Å². The lowest BCUT2D eigenvalue weighted by molar-refractivity contribution is -0.120. The van der Waals surface area contributed by atoms with Crippen LogP contribution < -0.4 is 10.1 Å². The zero-order valence-electron chi connectivity index (χ0n) is 16.2. The highest BCUT2D eigenvalue weighted by Crippen LogP contribution is 2.55. The lowest BCUT2D eigenvalue weighted by atomic mass is 9.73. The van der Waals surface area contributed by atoms with Crippen LogP contribution in [0, 0.1) is 17.8 Å². The third-order valence-corrected chi connectivity index (χ3v) is 7.10. The van der Waals surface area contributed by atoms with E-state index in [2.05, 4.69) is 10.2 Å². The van der Waals surface area contributed by atoms with Gasteiger partial charge in [-0.3, -0.25) is 9.69 Å². The predicted molar refractivity (Wildman–Crippen MR) is 103 cm³/mol. The summed E-state index contributed by atoms with van der Waals surface area (Å²) in [4.78, 5) is 15.1. The van der Waals surface area contributed by atoms with Gasteiger partial charge in [0.2, 0.25) is 5.91 Å². The summed E-state index contributed by atoms with van der Waals surface area (Å²) in [6.07, 6.45) is 5.92. The van der Waals surface area contributed by atoms with E-state index < -0.39 is 0 Å². The van der Waals surface area contributed by atoms with E-state index >= 15 is 0 Å². The molecule has 4 atom stereocenters. The molecular weight excluding hydrogens is 340 g/mol. The summed E-state index contributed by atoms with van der Waals surface area (Å²) in [5, 5.41) is 3.19. The van der Waals surface area contributed by atoms with Crippen molar-refractivity contribution in [3.63, 3.8) is 0 Å². The van der Waals surface area contributed by atoms with E-state index in [9.17, 15) is 4.79 Å². The van der Waals surface area contributed by atoms with Crippen molar-refractivity contribution in [2.24, 2.45) is 17.8 Å². The van der Waals surface area contributed by atoms with E-state index in [4.69, 9.17) is 9.47 Å². The first kappa shape index (κ1) is 17.5. The number of hydrogen-bond donors (Lipinski definition) is 1. The van der Waals surface area contributed by atoms with E-state index in [1.807, 2.05) is 24.3 Å². The number of likely N-dealkylation sites (tertiary alicyclic amines) is 1. The van der Waals surface area contributed by atoms with E-state index in [-0.39, 0.29) is 11.5 Å². The topological polar surface area (TPSA) is 50.8 Å². The first-order chi connectivity index (χ1) is 13.1. The van der Waals surface area contributed by atoms with Gasteiger partial charge in [0.25, 0.3) is 0 Å². The first-order valence-electron chi connectivity index (χ1n) is 10.4. The Kier molecular flexibility index (Phi) is 4.40. The Labute approximate surface area is 161 Å². The molecule has 1 spiro atoms. The van der Waals surface area contributed by atoms with Crippen LogP contribution in [0.5, 0.6) is 5.75 Å². The SMILES string of the molecule is COc1cccc(CC(=O)NC[C@H]2[C@H]3CN(CC4CC4)C[C@]34CC[C@H]2O4)c1. The van der Waals surface area contributed by atoms with Crippen LogP contribution in [0.1, 0.15) is 31.2 Å². The molecule has 1 aromatic rings. The highest BCUT2D eigenvalue weighted by molar-refractivity contribution is 5.78. The zero-order chi connectivity index (χ0) is 18.4. The van der Waals surface area contributed by atoms with E-state index in [0.29, 0.717) is 24.4 Å². The smallest absolute Gasteiger partial charge is 0.224 e. The highest BCUT2D eigenvalue weighted by atomic mass is 16.5. The minimum Gasteiger partial charge on any atom is -0.497 e. The molecule has 3 aliphatic heterocycles. The number of benzene rings is 1. The van der Waals surface area contributed by atoms with Gasteiger partial charge in [-0.05, 0) is 49.3 Å². The number of carbonyl (C=O) groups excluding carboxylic acids is 1. The molecule has 146 valence electrons. The number of methoxy groups -OCH3 is 1. The number of hydrogen-bond acceptors (Lipinski definition) is 4. The fraction of sp³-hybridized carbons (Fsp3) is 0.682. The molecule has 2 bridgehead atoms. The second kappa shape index (κ2) is 6.78. The summed E-state index contributed by atoms with van der Waals surface area (Å²) in [6, 6.07) is 7.75. The van der Waals surface area contributed by atoms with Crippen LogP contribution in [0.2, 0.25) is 0 Å². The Hall–Kier alpha value is -1.59. The van der Waals surface area contributed by atoms with Gasteiger partial charge >= 0.3 is 0 Å². The van der Waals surface area contributed by atoms with Gasteiger partial charge in [-0.1, -0.05) is 12.1 Å². The number of carbonyl (C=O) groups is 1. The second-order valence-electron chi connectivity index (χ2n) is 9.00. The van der Waals surface area contributed by atoms with Gasteiger partial charge in [-0.25, -0.2) is 0 Å². The largest absolute Gasteiger partial charge is 0.497 e. The number of fused-ring (bicyclic) bond motifs is 1. The third kappa shape index (κ3) is 3.36. The summed E-state index contributed by atoms with van der Waals surface area (Å²) < 4.78 is 11.7. The lowest BCUT2D eigenvalue weighted by Crippen LogP contribution is -2.42. The van der Waals surface area contributed by atoms with Gasteiger partial charge in [-0.15, -0.1) is 0 Å². The molecule has 0 unspecified atom stereocenters. The Morgan fingerprint density at radius 3 is 3.07 bits per heavy atom. The first-order valence-corrected chi connectivity index (χ1v) is 10.4. The minimum atomic E-state index is 0.0851. The molecule has 3 saturated heterocycles. The monoisotopic (exact) mass is 370 g/mol. The Morgan fingerprint density at radius 2 is 2.26 bits per heavy atom. The van der Waals surface area contributed by atoms with Crippen molar-refractivity contribution in [2.45, 2.75) is 43.8 Å². The summed E-state index contributed by atoms with van der Waals surface area (Å²) >= 11 is 0. The van der Waals surface area contributed by atoms with Crippen LogP contribution >= 0.6 is 0 Å². The summed E-state index contributed by atoms with van der Waals surface area (Å²) in [7, 11) is 1.65. The van der Waals surface area contributed by atoms with Crippen LogP contribution in [-0.4, -0.2) is 55.8 Å². The molecule has 4 fully saturated rings. The Morgan fingerprint density at radius 1 is 1.37 bits per heavy atom. The molecule has 5 heteroatoms. The molecule has 3 heterocycles. The Bertz CT molecular complexity index is 719. The third-order valence-electron chi connectivity index (χ3n) is 7.10. The number of ether oxygens (including phenoxy) is 2. The van der Waals surface area contributed by atoms with E-state index in [0.717, 1.165) is 43.3 Å². The summed E-state index contributed by atoms with van der Waals surface area (Å²) in [5.41, 5.74) is 1.07. The fourth-order valence-corrected chi connectivity index (χ4v) is 5.63. The standard InChI is InChI=1S/C22H30N2O3/c1-26-17-4-2-3-16(9-17)10-21(25)23-11-18-19-13-24(12-15-5-6-15)14-22(19)8-7-20(18)27-22/h2-4,9,15,18-20H,5-8,10-14H2,1H3,(H,23,25)/t18-,19+,20+,22+/m0/s1. The molecule has 1 aromatic carbocycles. The average Bonchev–Trinajstić information content (AvgIpc) is 3.16. The molecule has 27 heavy (non-hydrogen) atoms. The van der Waals surface area contributed by atoms with Crippen molar-refractivity contribution >= 4 is 5.91 Å². The fourth-order valence-electron chi connectivity index (χ4n) is 5.63. The number of nitrogens with zero attached hydrogens (tertiary/aromatic N) is 1. The van der Waals surface area contributed by atoms with Crippen molar-refractivity contribution in [3.05, 3.63) is 29.8 Å². The normalized spacial score (nSPS) is 34.6. The van der Waals surface area contributed by atoms with Gasteiger partial charge < -0.3 is 14.8 Å². The van der Waals surface area contributed by atoms with Gasteiger partial charge in [0.05, 0.1) is 25.2 Å². The molecule has 5 nitrogen and oxygen atoms in total. The van der Waals surface area contributed by atoms with E-state index in [1.54, 1.807) is 7.11 Å². The summed E-state index contributed by atoms with van der Waals surface area (Å²) in [6.45, 7) is 4.26. The van der Waals surface area contributed by atoms with Crippen molar-refractivity contribution < 1.29 is 14.3 Å². The highest BCUT2D eigenvalue weighted by Gasteiger charge is 2.62. The zero-order valence-corrected chi connectivity index (χ0v) is 16.2. The van der Waals surface area contributed by atoms with Gasteiger partial charge in [0.15, 0.2) is 0 Å². The molecule has 0 aromatic heterocycles. The second-order valence-corrected chi connectivity index (χ2v) is 9.00. The maximum absolute atomic E-state index is 12.5. The van der Waals surface area contributed by atoms with Crippen LogP contribution in [0.15, 0.2) is 24.3 Å². The molecule has 1 aliphatic carbocycles. The number of rotatable bonds is 7. The number of amides is 1. The predicted octanol–water partition coefficient (Wildman–Crippen LogP) is 2.24. The molecule has 1 saturated carbocycles. The van der Waals surface area contributed by atoms with E-state index in [1.165, 1.54) is 25.8 Å². The maximum Gasteiger partial charge on any atom is 0.224 e. The van der Waals surface area contributed by atoms with Crippen LogP contribution in [0.25, 0.3) is 0 Å². The van der Waals surface area contributed by atoms with Crippen molar-refractivity contribution in [3.8, 4) is 5.75 Å². The van der Waals surface area contributed by atoms with Crippen LogP contribution in [0.3, 0.4) is 0 Å². The number of nitrogens with one attached hydrogen (secondary N) is 1. The Balaban J connectivity index is 1.18. The molecular formula is C22H30N2O3. The van der Waals surface area contributed by atoms with Crippen LogP contribution in [-0.2, 0) is 16.0 Å². The molecule has 1 amide bonds. The van der Waals surface area contributed by atoms with Crippen molar-refractivity contribution in [1.29, 1.82) is 0 Å². The average molecular weight is 370 g/mol. The lowest BCUT2D eigenvalue weighted by Gasteiger charge is -2.29. The van der Waals surface area contributed by atoms with Gasteiger partial charge in [-0.2, -0.15) is 0 Å². The molecule has 1 N–H and O–H groups in total. The molecule has 5 rings (SSSR count). The molecule has 0 radical (unpaired) electrons. The van der Waals surface area contributed by atoms with Gasteiger partial charge in [0, 0.05) is 38.0 Å². The molecule has 4 aliphatic rings. The maximum atomic E-state index is 12.5. The van der Waals surface area contributed by atoms with Crippen molar-refractivity contribution in [2.75, 3.05) is 33.3 Å². The quantitative estimate of drug-likeness (QED) is 0.800. The van der Waals surface area contributed by atoms with Crippen LogP contribution in [0.4, 0.5) is 0 Å².